The van der Waals surface area contributed by atoms with Gasteiger partial charge in [0.1, 0.15) is 0 Å². The maximum atomic E-state index is 12.3. The molecule has 3 aliphatic rings. The van der Waals surface area contributed by atoms with Crippen LogP contribution in [0.3, 0.4) is 0 Å². The Morgan fingerprint density at radius 3 is 2.71 bits per heavy atom. The molecule has 130 valence electrons. The van der Waals surface area contributed by atoms with Crippen molar-refractivity contribution in [2.45, 2.75) is 55.7 Å². The van der Waals surface area contributed by atoms with Gasteiger partial charge in [-0.2, -0.15) is 11.8 Å². The second-order valence-electron chi connectivity index (χ2n) is 7.42. The molecule has 2 amide bonds. The first-order valence-electron chi connectivity index (χ1n) is 9.06. The van der Waals surface area contributed by atoms with Gasteiger partial charge < -0.3 is 15.4 Å². The molecule has 0 aromatic heterocycles. The molecule has 3 fully saturated rings. The number of carbonyl (C=O) groups is 1. The molecule has 24 heavy (non-hydrogen) atoms. The molecule has 2 aliphatic heterocycles. The standard InChI is InChI=1S/C19H26N2O2S/c22-18(20-16-6-8-23-19(12-16)7-9-24-13-19)21-17-10-15(11-17)14-4-2-1-3-5-14/h1-5,15-17H,6-13H2,(H2,20,21,22). The van der Waals surface area contributed by atoms with Crippen molar-refractivity contribution >= 4 is 17.8 Å². The number of hydrogen-bond donors (Lipinski definition) is 2. The molecule has 0 radical (unpaired) electrons. The Balaban J connectivity index is 1.22. The van der Waals surface area contributed by atoms with Crippen molar-refractivity contribution in [3.63, 3.8) is 0 Å². The SMILES string of the molecule is O=C(NC1CC(c2ccccc2)C1)NC1CCOC2(CCSC2)C1. The average Bonchev–Trinajstić information content (AvgIpc) is 2.99. The highest BCUT2D eigenvalue weighted by molar-refractivity contribution is 7.99. The van der Waals surface area contributed by atoms with Crippen LogP contribution in [-0.4, -0.2) is 41.8 Å². The minimum Gasteiger partial charge on any atom is -0.374 e. The molecule has 1 saturated carbocycles. The Morgan fingerprint density at radius 1 is 1.17 bits per heavy atom. The van der Waals surface area contributed by atoms with Crippen LogP contribution in [0.5, 0.6) is 0 Å². The molecule has 1 aliphatic carbocycles. The summed E-state index contributed by atoms with van der Waals surface area (Å²) in [6.07, 6.45) is 5.11. The lowest BCUT2D eigenvalue weighted by Gasteiger charge is -2.39. The van der Waals surface area contributed by atoms with E-state index in [1.165, 1.54) is 11.3 Å². The van der Waals surface area contributed by atoms with E-state index in [-0.39, 0.29) is 17.7 Å². The highest BCUT2D eigenvalue weighted by Gasteiger charge is 2.41. The number of nitrogens with one attached hydrogen (secondary N) is 2. The Labute approximate surface area is 148 Å². The quantitative estimate of drug-likeness (QED) is 0.883. The van der Waals surface area contributed by atoms with Gasteiger partial charge in [-0.1, -0.05) is 30.3 Å². The number of benzene rings is 1. The summed E-state index contributed by atoms with van der Waals surface area (Å²) in [7, 11) is 0. The Bertz CT molecular complexity index is 568. The van der Waals surface area contributed by atoms with Crippen LogP contribution in [-0.2, 0) is 4.74 Å². The minimum absolute atomic E-state index is 0.000730. The molecule has 4 rings (SSSR count). The molecule has 2 N–H and O–H groups in total. The van der Waals surface area contributed by atoms with Crippen LogP contribution < -0.4 is 10.6 Å². The van der Waals surface area contributed by atoms with E-state index in [1.54, 1.807) is 0 Å². The smallest absolute Gasteiger partial charge is 0.315 e. The second-order valence-corrected chi connectivity index (χ2v) is 8.52. The molecule has 4 nitrogen and oxygen atoms in total. The topological polar surface area (TPSA) is 50.4 Å². The zero-order chi connectivity index (χ0) is 16.4. The first-order valence-corrected chi connectivity index (χ1v) is 10.2. The van der Waals surface area contributed by atoms with Gasteiger partial charge in [0.25, 0.3) is 0 Å². The fourth-order valence-electron chi connectivity index (χ4n) is 4.16. The van der Waals surface area contributed by atoms with Crippen LogP contribution in [0.25, 0.3) is 0 Å². The summed E-state index contributed by atoms with van der Waals surface area (Å²) >= 11 is 1.97. The van der Waals surface area contributed by atoms with Gasteiger partial charge >= 0.3 is 6.03 Å². The predicted molar refractivity (Wildman–Crippen MR) is 97.5 cm³/mol. The number of ether oxygens (including phenoxy) is 1. The normalized spacial score (nSPS) is 35.4. The van der Waals surface area contributed by atoms with Crippen LogP contribution >= 0.6 is 11.8 Å². The first kappa shape index (κ1) is 16.3. The molecular weight excluding hydrogens is 320 g/mol. The molecular formula is C19H26N2O2S. The van der Waals surface area contributed by atoms with Gasteiger partial charge in [0.05, 0.1) is 5.60 Å². The summed E-state index contributed by atoms with van der Waals surface area (Å²) < 4.78 is 6.02. The van der Waals surface area contributed by atoms with Gasteiger partial charge in [-0.15, -0.1) is 0 Å². The fraction of sp³-hybridized carbons (Fsp3) is 0.632. The summed E-state index contributed by atoms with van der Waals surface area (Å²) in [4.78, 5) is 12.3. The van der Waals surface area contributed by atoms with Gasteiger partial charge in [-0.3, -0.25) is 0 Å². The molecule has 0 bridgehead atoms. The molecule has 5 heteroatoms. The first-order chi connectivity index (χ1) is 11.7. The van der Waals surface area contributed by atoms with E-state index in [0.29, 0.717) is 12.0 Å². The third kappa shape index (κ3) is 3.57. The molecule has 1 aromatic rings. The van der Waals surface area contributed by atoms with Crippen LogP contribution in [0.2, 0.25) is 0 Å². The van der Waals surface area contributed by atoms with Crippen molar-refractivity contribution in [2.75, 3.05) is 18.1 Å². The van der Waals surface area contributed by atoms with Crippen molar-refractivity contribution in [1.82, 2.24) is 10.6 Å². The van der Waals surface area contributed by atoms with E-state index < -0.39 is 0 Å². The Morgan fingerprint density at radius 2 is 1.96 bits per heavy atom. The second kappa shape index (κ2) is 6.96. The van der Waals surface area contributed by atoms with Crippen molar-refractivity contribution < 1.29 is 9.53 Å². The largest absolute Gasteiger partial charge is 0.374 e. The zero-order valence-corrected chi connectivity index (χ0v) is 14.8. The predicted octanol–water partition coefficient (Wildman–Crippen LogP) is 3.29. The summed E-state index contributed by atoms with van der Waals surface area (Å²) in [5, 5.41) is 6.33. The minimum atomic E-state index is -0.000730. The van der Waals surface area contributed by atoms with Crippen molar-refractivity contribution in [1.29, 1.82) is 0 Å². The summed E-state index contributed by atoms with van der Waals surface area (Å²) in [6.45, 7) is 0.769. The number of thioether (sulfide) groups is 1. The van der Waals surface area contributed by atoms with E-state index in [9.17, 15) is 4.79 Å². The third-order valence-corrected chi connectivity index (χ3v) is 6.86. The highest BCUT2D eigenvalue weighted by Crippen LogP contribution is 2.38. The Kier molecular flexibility index (Phi) is 4.72. The number of rotatable bonds is 3. The third-order valence-electron chi connectivity index (χ3n) is 5.64. The summed E-state index contributed by atoms with van der Waals surface area (Å²) in [6, 6.07) is 11.2. The maximum Gasteiger partial charge on any atom is 0.315 e. The van der Waals surface area contributed by atoms with Crippen LogP contribution in [0, 0.1) is 0 Å². The van der Waals surface area contributed by atoms with Gasteiger partial charge in [0.15, 0.2) is 0 Å². The average molecular weight is 346 g/mol. The van der Waals surface area contributed by atoms with Crippen molar-refractivity contribution in [2.24, 2.45) is 0 Å². The molecule has 2 atom stereocenters. The van der Waals surface area contributed by atoms with E-state index in [0.717, 1.165) is 44.5 Å². The van der Waals surface area contributed by atoms with Gasteiger partial charge in [-0.05, 0) is 49.3 Å². The number of urea groups is 1. The maximum absolute atomic E-state index is 12.3. The van der Waals surface area contributed by atoms with Gasteiger partial charge in [0.2, 0.25) is 0 Å². The van der Waals surface area contributed by atoms with Crippen molar-refractivity contribution in [3.8, 4) is 0 Å². The lowest BCUT2D eigenvalue weighted by molar-refractivity contribution is -0.0685. The highest BCUT2D eigenvalue weighted by atomic mass is 32.2. The fourth-order valence-corrected chi connectivity index (χ4v) is 5.54. The monoisotopic (exact) mass is 346 g/mol. The van der Waals surface area contributed by atoms with E-state index in [2.05, 4.69) is 41.0 Å². The van der Waals surface area contributed by atoms with E-state index >= 15 is 0 Å². The number of amides is 2. The molecule has 2 saturated heterocycles. The van der Waals surface area contributed by atoms with Gasteiger partial charge in [-0.25, -0.2) is 4.79 Å². The zero-order valence-electron chi connectivity index (χ0n) is 14.0. The Hall–Kier alpha value is -1.20. The van der Waals surface area contributed by atoms with Crippen LogP contribution in [0.4, 0.5) is 4.79 Å². The lowest BCUT2D eigenvalue weighted by atomic mass is 9.76. The summed E-state index contributed by atoms with van der Waals surface area (Å²) in [5.41, 5.74) is 1.41. The van der Waals surface area contributed by atoms with Gasteiger partial charge in [0, 0.05) is 24.4 Å². The molecule has 2 heterocycles. The number of hydrogen-bond acceptors (Lipinski definition) is 3. The molecule has 1 spiro atoms. The molecule has 1 aromatic carbocycles. The van der Waals surface area contributed by atoms with Crippen LogP contribution in [0.1, 0.15) is 43.6 Å². The van der Waals surface area contributed by atoms with Crippen LogP contribution in [0.15, 0.2) is 30.3 Å². The van der Waals surface area contributed by atoms with Crippen molar-refractivity contribution in [3.05, 3.63) is 35.9 Å². The number of carbonyl (C=O) groups excluding carboxylic acids is 1. The lowest BCUT2D eigenvalue weighted by Crippen LogP contribution is -2.54. The molecule has 2 unspecified atom stereocenters. The summed E-state index contributed by atoms with van der Waals surface area (Å²) in [5.74, 6) is 2.86. The van der Waals surface area contributed by atoms with E-state index in [1.807, 2.05) is 11.8 Å². The van der Waals surface area contributed by atoms with E-state index in [4.69, 9.17) is 4.74 Å².